The first kappa shape index (κ1) is 8.12. The number of rotatable bonds is 2. The van der Waals surface area contributed by atoms with Crippen molar-refractivity contribution in [2.45, 2.75) is 17.9 Å². The van der Waals surface area contributed by atoms with Crippen molar-refractivity contribution in [3.63, 3.8) is 0 Å². The van der Waals surface area contributed by atoms with E-state index in [0.29, 0.717) is 12.2 Å². The molecule has 1 aromatic rings. The van der Waals surface area contributed by atoms with Gasteiger partial charge >= 0.3 is 0 Å². The van der Waals surface area contributed by atoms with Gasteiger partial charge in [0.05, 0.1) is 11.5 Å². The van der Waals surface area contributed by atoms with Crippen LogP contribution in [0.1, 0.15) is 18.1 Å². The lowest BCUT2D eigenvalue weighted by Gasteiger charge is -2.10. The lowest BCUT2D eigenvalue weighted by molar-refractivity contribution is -0.309. The molecule has 1 aromatic heterocycles. The largest absolute Gasteiger partial charge is 0.548 e. The molecule has 0 bridgehead atoms. The number of carboxylic acids is 1. The highest BCUT2D eigenvalue weighted by molar-refractivity contribution is 5.82. The molecule has 0 radical (unpaired) electrons. The maximum atomic E-state index is 10.6. The Hall–Kier alpha value is -1.49. The van der Waals surface area contributed by atoms with E-state index in [1.807, 2.05) is 0 Å². The third kappa shape index (κ3) is 1.08. The van der Waals surface area contributed by atoms with Crippen molar-refractivity contribution in [2.75, 3.05) is 5.73 Å². The molecule has 2 rings (SSSR count). The zero-order valence-electron chi connectivity index (χ0n) is 6.82. The molecular formula is C8H9N2O3-. The Morgan fingerprint density at radius 3 is 2.77 bits per heavy atom. The van der Waals surface area contributed by atoms with Crippen LogP contribution in [0.15, 0.2) is 16.5 Å². The Balaban J connectivity index is 2.20. The molecule has 0 aliphatic heterocycles. The number of nitrogen functional groups attached to an aromatic ring is 1. The lowest BCUT2D eigenvalue weighted by Crippen LogP contribution is -2.45. The second-order valence-electron chi connectivity index (χ2n) is 3.32. The topological polar surface area (TPSA) is 105 Å². The Morgan fingerprint density at radius 2 is 2.38 bits per heavy atom. The Bertz CT molecular complexity index is 360. The number of carbonyl (C=O) groups excluding carboxylic acids is 1. The summed E-state index contributed by atoms with van der Waals surface area (Å²) < 4.78 is 5.06. The smallest absolute Gasteiger partial charge is 0.190 e. The van der Waals surface area contributed by atoms with Gasteiger partial charge in [0.25, 0.3) is 0 Å². The maximum Gasteiger partial charge on any atom is 0.190 e. The predicted octanol–water partition coefficient (Wildman–Crippen LogP) is -1.20. The Labute approximate surface area is 74.3 Å². The molecule has 1 fully saturated rings. The molecule has 0 saturated heterocycles. The minimum Gasteiger partial charge on any atom is -0.548 e. The molecule has 2 unspecified atom stereocenters. The number of nitrogens with two attached hydrogens (primary N) is 2. The van der Waals surface area contributed by atoms with Crippen molar-refractivity contribution >= 4 is 11.9 Å². The van der Waals surface area contributed by atoms with Crippen LogP contribution in [0.4, 0.5) is 5.88 Å². The number of carbonyl (C=O) groups is 1. The second-order valence-corrected chi connectivity index (χ2v) is 3.32. The van der Waals surface area contributed by atoms with Crippen LogP contribution in [0, 0.1) is 0 Å². The second kappa shape index (κ2) is 2.26. The highest BCUT2D eigenvalue weighted by Crippen LogP contribution is 2.49. The third-order valence-corrected chi connectivity index (χ3v) is 2.37. The van der Waals surface area contributed by atoms with E-state index in [9.17, 15) is 9.90 Å². The highest BCUT2D eigenvalue weighted by Gasteiger charge is 2.55. The molecule has 1 heterocycles. The van der Waals surface area contributed by atoms with E-state index >= 15 is 0 Å². The zero-order chi connectivity index (χ0) is 9.64. The van der Waals surface area contributed by atoms with Gasteiger partial charge in [-0.1, -0.05) is 0 Å². The van der Waals surface area contributed by atoms with E-state index in [0.717, 1.165) is 0 Å². The first-order valence-electron chi connectivity index (χ1n) is 3.89. The van der Waals surface area contributed by atoms with E-state index in [-0.39, 0.29) is 11.8 Å². The van der Waals surface area contributed by atoms with Gasteiger partial charge in [0.15, 0.2) is 5.88 Å². The van der Waals surface area contributed by atoms with E-state index in [1.165, 1.54) is 0 Å². The quantitative estimate of drug-likeness (QED) is 0.596. The number of hydrogen-bond donors (Lipinski definition) is 2. The van der Waals surface area contributed by atoms with Crippen LogP contribution in [-0.4, -0.2) is 11.5 Å². The van der Waals surface area contributed by atoms with Crippen LogP contribution in [0.5, 0.6) is 0 Å². The van der Waals surface area contributed by atoms with Gasteiger partial charge in [0.1, 0.15) is 5.76 Å². The van der Waals surface area contributed by atoms with Crippen LogP contribution in [0.2, 0.25) is 0 Å². The van der Waals surface area contributed by atoms with Crippen LogP contribution < -0.4 is 16.6 Å². The van der Waals surface area contributed by atoms with E-state index in [2.05, 4.69) is 0 Å². The molecule has 1 saturated carbocycles. The minimum absolute atomic E-state index is 0.266. The monoisotopic (exact) mass is 181 g/mol. The van der Waals surface area contributed by atoms with E-state index in [4.69, 9.17) is 15.9 Å². The summed E-state index contributed by atoms with van der Waals surface area (Å²) in [6, 6.07) is 3.21. The fourth-order valence-corrected chi connectivity index (χ4v) is 1.41. The maximum absolute atomic E-state index is 10.6. The Morgan fingerprint density at radius 1 is 1.69 bits per heavy atom. The normalized spacial score (nSPS) is 31.6. The summed E-state index contributed by atoms with van der Waals surface area (Å²) in [7, 11) is 0. The van der Waals surface area contributed by atoms with Gasteiger partial charge in [-0.25, -0.2) is 0 Å². The van der Waals surface area contributed by atoms with E-state index in [1.54, 1.807) is 12.1 Å². The predicted molar refractivity (Wildman–Crippen MR) is 42.4 cm³/mol. The zero-order valence-corrected chi connectivity index (χ0v) is 6.82. The minimum atomic E-state index is -1.26. The summed E-state index contributed by atoms with van der Waals surface area (Å²) in [6.45, 7) is 0. The number of anilines is 1. The molecule has 2 atom stereocenters. The average molecular weight is 181 g/mol. The highest BCUT2D eigenvalue weighted by atomic mass is 16.4. The standard InChI is InChI=1S/C8H10N2O3/c9-6-2-1-5(13-6)4-3-8(4,10)7(11)12/h1-2,4H,3,9-10H2,(H,11,12)/p-1. The van der Waals surface area contributed by atoms with Crippen molar-refractivity contribution in [2.24, 2.45) is 5.73 Å². The summed E-state index contributed by atoms with van der Waals surface area (Å²) in [6.07, 6.45) is 0.349. The van der Waals surface area contributed by atoms with Crippen molar-refractivity contribution < 1.29 is 14.3 Å². The van der Waals surface area contributed by atoms with Gasteiger partial charge in [-0.15, -0.1) is 0 Å². The van der Waals surface area contributed by atoms with Gasteiger partial charge in [-0.05, 0) is 12.5 Å². The number of furan rings is 1. The summed E-state index contributed by atoms with van der Waals surface area (Å²) in [5.41, 5.74) is 9.59. The van der Waals surface area contributed by atoms with Gasteiger partial charge in [0, 0.05) is 12.0 Å². The molecular weight excluding hydrogens is 172 g/mol. The van der Waals surface area contributed by atoms with Crippen molar-refractivity contribution in [3.05, 3.63) is 17.9 Å². The molecule has 13 heavy (non-hydrogen) atoms. The molecule has 1 aliphatic carbocycles. The summed E-state index contributed by atoms with van der Waals surface area (Å²) in [5.74, 6) is -0.755. The molecule has 0 aromatic carbocycles. The van der Waals surface area contributed by atoms with Crippen molar-refractivity contribution in [3.8, 4) is 0 Å². The number of aliphatic carboxylic acids is 1. The molecule has 4 N–H and O–H groups in total. The van der Waals surface area contributed by atoms with Crippen molar-refractivity contribution in [1.29, 1.82) is 0 Å². The molecule has 0 amide bonds. The van der Waals surface area contributed by atoms with Crippen molar-refractivity contribution in [1.82, 2.24) is 0 Å². The van der Waals surface area contributed by atoms with Crippen LogP contribution in [-0.2, 0) is 4.79 Å². The number of hydrogen-bond acceptors (Lipinski definition) is 5. The first-order valence-corrected chi connectivity index (χ1v) is 3.89. The molecule has 1 aliphatic rings. The van der Waals surface area contributed by atoms with Crippen LogP contribution in [0.25, 0.3) is 0 Å². The molecule has 70 valence electrons. The van der Waals surface area contributed by atoms with Gasteiger partial charge < -0.3 is 25.8 Å². The number of carboxylic acid groups (broad SMARTS) is 1. The van der Waals surface area contributed by atoms with Gasteiger partial charge in [0.2, 0.25) is 0 Å². The lowest BCUT2D eigenvalue weighted by atomic mass is 10.2. The SMILES string of the molecule is Nc1ccc(C2CC2(N)C(=O)[O-])o1. The molecule has 0 spiro atoms. The van der Waals surface area contributed by atoms with Gasteiger partial charge in [-0.2, -0.15) is 0 Å². The Kier molecular flexibility index (Phi) is 1.41. The summed E-state index contributed by atoms with van der Waals surface area (Å²) in [4.78, 5) is 10.6. The molecule has 5 heteroatoms. The summed E-state index contributed by atoms with van der Waals surface area (Å²) in [5, 5.41) is 10.6. The molecule has 5 nitrogen and oxygen atoms in total. The van der Waals surface area contributed by atoms with Crippen LogP contribution >= 0.6 is 0 Å². The summed E-state index contributed by atoms with van der Waals surface area (Å²) >= 11 is 0. The average Bonchev–Trinajstić information content (AvgIpc) is 2.55. The van der Waals surface area contributed by atoms with E-state index < -0.39 is 11.5 Å². The van der Waals surface area contributed by atoms with Gasteiger partial charge in [-0.3, -0.25) is 0 Å². The fourth-order valence-electron chi connectivity index (χ4n) is 1.41. The first-order chi connectivity index (χ1) is 6.04. The fraction of sp³-hybridized carbons (Fsp3) is 0.375. The third-order valence-electron chi connectivity index (χ3n) is 2.37. The van der Waals surface area contributed by atoms with Crippen LogP contribution in [0.3, 0.4) is 0 Å².